The van der Waals surface area contributed by atoms with Crippen molar-refractivity contribution in [2.75, 3.05) is 7.05 Å². The highest BCUT2D eigenvalue weighted by Gasteiger charge is 2.43. The normalized spacial score (nSPS) is 18.9. The van der Waals surface area contributed by atoms with Crippen LogP contribution in [0.3, 0.4) is 0 Å². The zero-order valence-electron chi connectivity index (χ0n) is 19.0. The van der Waals surface area contributed by atoms with Gasteiger partial charge in [-0.3, -0.25) is 9.69 Å². The lowest BCUT2D eigenvalue weighted by atomic mass is 9.98. The average Bonchev–Trinajstić information content (AvgIpc) is 3.22. The maximum absolute atomic E-state index is 13.5. The van der Waals surface area contributed by atoms with E-state index in [1.54, 1.807) is 11.9 Å². The fourth-order valence-corrected chi connectivity index (χ4v) is 4.31. The second-order valence-electron chi connectivity index (χ2n) is 8.39. The Hall–Kier alpha value is -2.86. The number of carbonyl (C=O) groups is 2. The summed E-state index contributed by atoms with van der Waals surface area (Å²) in [5.41, 5.74) is 1.94. The molecular formula is C26H34N2O4. The Morgan fingerprint density at radius 2 is 1.72 bits per heavy atom. The van der Waals surface area contributed by atoms with Gasteiger partial charge in [0.2, 0.25) is 5.91 Å². The summed E-state index contributed by atoms with van der Waals surface area (Å²) in [6, 6.07) is 18.6. The van der Waals surface area contributed by atoms with Gasteiger partial charge in [0.15, 0.2) is 0 Å². The summed E-state index contributed by atoms with van der Waals surface area (Å²) in [5.74, 6) is -0.163. The topological polar surface area (TPSA) is 70.1 Å². The molecule has 1 saturated heterocycles. The minimum atomic E-state index is -1.02. The van der Waals surface area contributed by atoms with Gasteiger partial charge in [-0.1, -0.05) is 86.8 Å². The maximum atomic E-state index is 13.5. The number of carbonyl (C=O) groups excluding carboxylic acids is 2. The van der Waals surface area contributed by atoms with Gasteiger partial charge in [0, 0.05) is 7.05 Å². The molecule has 1 fully saturated rings. The van der Waals surface area contributed by atoms with Crippen molar-refractivity contribution in [3.05, 3.63) is 71.8 Å². The number of aliphatic hydroxyl groups excluding tert-OH is 1. The van der Waals surface area contributed by atoms with Crippen LogP contribution in [0, 0.1) is 0 Å². The second-order valence-corrected chi connectivity index (χ2v) is 8.39. The predicted molar refractivity (Wildman–Crippen MR) is 124 cm³/mol. The van der Waals surface area contributed by atoms with Crippen molar-refractivity contribution < 1.29 is 19.4 Å². The number of unbranched alkanes of at least 4 members (excludes halogenated alkanes) is 2. The monoisotopic (exact) mass is 438 g/mol. The van der Waals surface area contributed by atoms with Crippen LogP contribution in [0.1, 0.15) is 62.6 Å². The van der Waals surface area contributed by atoms with Gasteiger partial charge in [0.25, 0.3) is 0 Å². The average molecular weight is 439 g/mol. The molecule has 2 aromatic carbocycles. The number of amides is 2. The quantitative estimate of drug-likeness (QED) is 0.566. The van der Waals surface area contributed by atoms with Crippen molar-refractivity contribution >= 4 is 12.0 Å². The summed E-state index contributed by atoms with van der Waals surface area (Å²) in [6.07, 6.45) is 3.18. The van der Waals surface area contributed by atoms with Crippen LogP contribution < -0.4 is 0 Å². The van der Waals surface area contributed by atoms with Crippen LogP contribution in [0.4, 0.5) is 4.79 Å². The van der Waals surface area contributed by atoms with Crippen LogP contribution >= 0.6 is 0 Å². The van der Waals surface area contributed by atoms with Gasteiger partial charge in [-0.25, -0.2) is 4.79 Å². The van der Waals surface area contributed by atoms with E-state index in [0.717, 1.165) is 36.8 Å². The van der Waals surface area contributed by atoms with Gasteiger partial charge in [0.1, 0.15) is 18.9 Å². The molecule has 1 heterocycles. The largest absolute Gasteiger partial charge is 0.444 e. The van der Waals surface area contributed by atoms with Crippen molar-refractivity contribution in [2.45, 2.75) is 70.4 Å². The Balaban J connectivity index is 1.71. The molecule has 2 aromatic rings. The molecule has 32 heavy (non-hydrogen) atoms. The number of hydrogen-bond donors (Lipinski definition) is 1. The molecule has 0 aromatic heterocycles. The van der Waals surface area contributed by atoms with E-state index in [-0.39, 0.29) is 18.6 Å². The molecule has 1 aliphatic heterocycles. The summed E-state index contributed by atoms with van der Waals surface area (Å²) >= 11 is 0. The highest BCUT2D eigenvalue weighted by Crippen LogP contribution is 2.31. The summed E-state index contributed by atoms with van der Waals surface area (Å²) in [6.45, 7) is 2.26. The van der Waals surface area contributed by atoms with Crippen molar-refractivity contribution in [1.82, 2.24) is 9.80 Å². The molecule has 0 aliphatic carbocycles. The van der Waals surface area contributed by atoms with Gasteiger partial charge in [-0.05, 0) is 30.4 Å². The smallest absolute Gasteiger partial charge is 0.412 e. The minimum absolute atomic E-state index is 0.0739. The zero-order chi connectivity index (χ0) is 22.9. The number of likely N-dealkylation sites (N-methyl/N-ethyl adjacent to an activating group) is 1. The van der Waals surface area contributed by atoms with Crippen molar-refractivity contribution in [1.29, 1.82) is 0 Å². The Morgan fingerprint density at radius 1 is 1.06 bits per heavy atom. The van der Waals surface area contributed by atoms with Crippen LogP contribution in [0.5, 0.6) is 0 Å². The van der Waals surface area contributed by atoms with E-state index in [4.69, 9.17) is 4.74 Å². The maximum Gasteiger partial charge on any atom is 0.412 e. The van der Waals surface area contributed by atoms with Crippen LogP contribution in [0.25, 0.3) is 0 Å². The molecule has 0 spiro atoms. The van der Waals surface area contributed by atoms with Crippen LogP contribution in [-0.4, -0.2) is 46.2 Å². The number of ether oxygens (including phenoxy) is 1. The molecular weight excluding hydrogens is 404 g/mol. The number of hydrogen-bond acceptors (Lipinski definition) is 4. The van der Waals surface area contributed by atoms with Crippen molar-refractivity contribution in [3.63, 3.8) is 0 Å². The second kappa shape index (κ2) is 11.7. The first kappa shape index (κ1) is 23.8. The molecule has 6 nitrogen and oxygen atoms in total. The molecule has 1 aliphatic rings. The van der Waals surface area contributed by atoms with E-state index in [2.05, 4.69) is 6.92 Å². The molecule has 3 rings (SSSR count). The van der Waals surface area contributed by atoms with Crippen LogP contribution in [0.15, 0.2) is 60.7 Å². The van der Waals surface area contributed by atoms with Gasteiger partial charge < -0.3 is 14.7 Å². The fraction of sp³-hybridized carbons (Fsp3) is 0.462. The molecule has 172 valence electrons. The third kappa shape index (κ3) is 5.88. The summed E-state index contributed by atoms with van der Waals surface area (Å²) in [5, 5.41) is 10.4. The van der Waals surface area contributed by atoms with Gasteiger partial charge in [-0.15, -0.1) is 0 Å². The highest BCUT2D eigenvalue weighted by molar-refractivity contribution is 5.86. The molecule has 0 radical (unpaired) electrons. The molecule has 3 atom stereocenters. The predicted octanol–water partition coefficient (Wildman–Crippen LogP) is 4.89. The Labute approximate surface area is 190 Å². The third-order valence-electron chi connectivity index (χ3n) is 6.14. The summed E-state index contributed by atoms with van der Waals surface area (Å²) in [7, 11) is 1.80. The zero-order valence-corrected chi connectivity index (χ0v) is 19.0. The van der Waals surface area contributed by atoms with Gasteiger partial charge in [-0.2, -0.15) is 0 Å². The fourth-order valence-electron chi connectivity index (χ4n) is 4.31. The van der Waals surface area contributed by atoms with E-state index < -0.39 is 18.4 Å². The Bertz CT molecular complexity index is 859. The summed E-state index contributed by atoms with van der Waals surface area (Å²) < 4.78 is 5.42. The molecule has 2 unspecified atom stereocenters. The molecule has 0 saturated carbocycles. The molecule has 1 N–H and O–H groups in total. The lowest BCUT2D eigenvalue weighted by Gasteiger charge is -2.34. The Morgan fingerprint density at radius 3 is 2.38 bits per heavy atom. The first-order valence-corrected chi connectivity index (χ1v) is 11.5. The lowest BCUT2D eigenvalue weighted by Crippen LogP contribution is -2.50. The standard InChI is InChI=1S/C26H34N2O4/c1-3-4-7-16-22(21-14-10-6-11-15-21)27(2)25(30)23-17-18-24(29)28(23)26(31)32-19-20-12-8-5-9-13-20/h5-6,8-15,22-24,29H,3-4,7,16-19H2,1-2H3/t22?,23-,24?/m0/s1. The number of nitrogens with zero attached hydrogens (tertiary/aromatic N) is 2. The van der Waals surface area contributed by atoms with E-state index in [9.17, 15) is 14.7 Å². The first-order valence-electron chi connectivity index (χ1n) is 11.5. The van der Waals surface area contributed by atoms with E-state index >= 15 is 0 Å². The highest BCUT2D eigenvalue weighted by atomic mass is 16.6. The van der Waals surface area contributed by atoms with Gasteiger partial charge >= 0.3 is 6.09 Å². The number of likely N-dealkylation sites (tertiary alicyclic amines) is 1. The van der Waals surface area contributed by atoms with E-state index in [1.165, 1.54) is 4.90 Å². The first-order chi connectivity index (χ1) is 15.5. The van der Waals surface area contributed by atoms with E-state index in [1.807, 2.05) is 60.7 Å². The van der Waals surface area contributed by atoms with Crippen LogP contribution in [0.2, 0.25) is 0 Å². The summed E-state index contributed by atoms with van der Waals surface area (Å²) in [4.78, 5) is 29.2. The number of rotatable bonds is 9. The number of aliphatic hydroxyl groups is 1. The lowest BCUT2D eigenvalue weighted by molar-refractivity contribution is -0.138. The minimum Gasteiger partial charge on any atom is -0.444 e. The van der Waals surface area contributed by atoms with Crippen LogP contribution in [-0.2, 0) is 16.1 Å². The molecule has 2 amide bonds. The van der Waals surface area contributed by atoms with E-state index in [0.29, 0.717) is 12.8 Å². The van der Waals surface area contributed by atoms with Crippen molar-refractivity contribution in [3.8, 4) is 0 Å². The molecule has 6 heteroatoms. The van der Waals surface area contributed by atoms with Gasteiger partial charge in [0.05, 0.1) is 6.04 Å². The SMILES string of the molecule is CCCCCC(c1ccccc1)N(C)C(=O)[C@@H]1CCC(O)N1C(=O)OCc1ccccc1. The van der Waals surface area contributed by atoms with Crippen molar-refractivity contribution in [2.24, 2.45) is 0 Å². The number of benzene rings is 2. The third-order valence-corrected chi connectivity index (χ3v) is 6.14. The Kier molecular flexibility index (Phi) is 8.68. The molecule has 0 bridgehead atoms.